The number of hydrogen-bond acceptors (Lipinski definition) is 3. The maximum atomic E-state index is 11.6. The van der Waals surface area contributed by atoms with Crippen LogP contribution in [0.4, 0.5) is 5.69 Å². The van der Waals surface area contributed by atoms with Gasteiger partial charge in [-0.2, -0.15) is 0 Å². The second kappa shape index (κ2) is 5.12. The van der Waals surface area contributed by atoms with Crippen molar-refractivity contribution in [3.8, 4) is 0 Å². The fraction of sp³-hybridized carbons (Fsp3) is 0.333. The van der Waals surface area contributed by atoms with Crippen molar-refractivity contribution < 1.29 is 4.79 Å². The van der Waals surface area contributed by atoms with E-state index in [4.69, 9.17) is 29.6 Å². The van der Waals surface area contributed by atoms with Gasteiger partial charge in [-0.3, -0.25) is 4.79 Å². The summed E-state index contributed by atoms with van der Waals surface area (Å²) >= 11 is 11.0. The van der Waals surface area contributed by atoms with Gasteiger partial charge in [0.25, 0.3) is 0 Å². The lowest BCUT2D eigenvalue weighted by atomic mass is 10.1. The number of benzene rings is 1. The van der Waals surface area contributed by atoms with Crippen LogP contribution in [0.1, 0.15) is 5.56 Å². The van der Waals surface area contributed by atoms with E-state index in [9.17, 15) is 4.79 Å². The number of carbonyl (C=O) groups is 1. The first kappa shape index (κ1) is 13.1. The minimum absolute atomic E-state index is 0.107. The number of rotatable bonds is 2. The van der Waals surface area contributed by atoms with Crippen molar-refractivity contribution >= 4 is 40.4 Å². The van der Waals surface area contributed by atoms with Gasteiger partial charge < -0.3 is 15.5 Å². The molecule has 0 atom stereocenters. The van der Waals surface area contributed by atoms with Gasteiger partial charge in [-0.05, 0) is 18.2 Å². The van der Waals surface area contributed by atoms with Crippen molar-refractivity contribution in [3.63, 3.8) is 0 Å². The van der Waals surface area contributed by atoms with Gasteiger partial charge in [-0.15, -0.1) is 0 Å². The Hall–Kier alpha value is -1.33. The zero-order chi connectivity index (χ0) is 13.3. The Bertz CT molecular complexity index is 506. The lowest BCUT2D eigenvalue weighted by molar-refractivity contribution is -0.129. The summed E-state index contributed by atoms with van der Waals surface area (Å²) in [6.07, 6.45) is 0. The standard InChI is InChI=1S/C12H14ClN3OS/c1-15-4-5-16(7-11(15)17)8-2-3-9(12(14)18)10(13)6-8/h2-3,6H,4-5,7H2,1H3,(H2,14,18). The summed E-state index contributed by atoms with van der Waals surface area (Å²) in [4.78, 5) is 15.6. The third kappa shape index (κ3) is 2.57. The van der Waals surface area contributed by atoms with Crippen LogP contribution in [0.15, 0.2) is 18.2 Å². The molecule has 1 saturated heterocycles. The molecule has 1 heterocycles. The number of thiocarbonyl (C=S) groups is 1. The van der Waals surface area contributed by atoms with E-state index in [2.05, 4.69) is 0 Å². The molecular weight excluding hydrogens is 270 g/mol. The van der Waals surface area contributed by atoms with Crippen LogP contribution in [0.3, 0.4) is 0 Å². The summed E-state index contributed by atoms with van der Waals surface area (Å²) in [5.74, 6) is 0.107. The second-order valence-electron chi connectivity index (χ2n) is 4.27. The fourth-order valence-electron chi connectivity index (χ4n) is 1.88. The summed E-state index contributed by atoms with van der Waals surface area (Å²) < 4.78 is 0. The first-order valence-electron chi connectivity index (χ1n) is 5.57. The van der Waals surface area contributed by atoms with E-state index in [1.165, 1.54) is 0 Å². The zero-order valence-electron chi connectivity index (χ0n) is 10.0. The average Bonchev–Trinajstić information content (AvgIpc) is 2.32. The second-order valence-corrected chi connectivity index (χ2v) is 5.11. The number of amides is 1. The molecule has 6 heteroatoms. The van der Waals surface area contributed by atoms with Crippen LogP contribution in [0.25, 0.3) is 0 Å². The third-order valence-corrected chi connectivity index (χ3v) is 3.57. The molecule has 0 unspecified atom stereocenters. The summed E-state index contributed by atoms with van der Waals surface area (Å²) in [7, 11) is 1.81. The molecule has 2 rings (SSSR count). The Morgan fingerprint density at radius 2 is 2.17 bits per heavy atom. The van der Waals surface area contributed by atoms with Crippen LogP contribution < -0.4 is 10.6 Å². The third-order valence-electron chi connectivity index (χ3n) is 3.04. The van der Waals surface area contributed by atoms with Gasteiger partial charge >= 0.3 is 0 Å². The molecule has 0 bridgehead atoms. The Balaban J connectivity index is 2.22. The van der Waals surface area contributed by atoms with E-state index >= 15 is 0 Å². The number of hydrogen-bond donors (Lipinski definition) is 1. The number of halogens is 1. The van der Waals surface area contributed by atoms with Crippen LogP contribution >= 0.6 is 23.8 Å². The molecule has 1 aliphatic rings. The highest BCUT2D eigenvalue weighted by Crippen LogP contribution is 2.24. The van der Waals surface area contributed by atoms with Crippen molar-refractivity contribution in [2.24, 2.45) is 5.73 Å². The molecule has 1 aromatic carbocycles. The molecule has 0 aliphatic carbocycles. The monoisotopic (exact) mass is 283 g/mol. The van der Waals surface area contributed by atoms with Crippen molar-refractivity contribution in [3.05, 3.63) is 28.8 Å². The molecule has 2 N–H and O–H groups in total. The molecule has 4 nitrogen and oxygen atoms in total. The Labute approximate surface area is 116 Å². The largest absolute Gasteiger partial charge is 0.389 e. The van der Waals surface area contributed by atoms with Crippen molar-refractivity contribution in [2.75, 3.05) is 31.6 Å². The number of carbonyl (C=O) groups excluding carboxylic acids is 1. The summed E-state index contributed by atoms with van der Waals surface area (Å²) in [5, 5.41) is 0.520. The zero-order valence-corrected chi connectivity index (χ0v) is 11.6. The summed E-state index contributed by atoms with van der Waals surface area (Å²) in [6.45, 7) is 1.89. The smallest absolute Gasteiger partial charge is 0.241 e. The maximum absolute atomic E-state index is 11.6. The molecule has 1 aromatic rings. The Kier molecular flexibility index (Phi) is 3.73. The molecule has 0 spiro atoms. The summed E-state index contributed by atoms with van der Waals surface area (Å²) in [6, 6.07) is 5.48. The van der Waals surface area contributed by atoms with Gasteiger partial charge in [0.2, 0.25) is 5.91 Å². The summed E-state index contributed by atoms with van der Waals surface area (Å²) in [5.41, 5.74) is 7.14. The minimum atomic E-state index is 0.107. The van der Waals surface area contributed by atoms with E-state index < -0.39 is 0 Å². The van der Waals surface area contributed by atoms with Crippen molar-refractivity contribution in [1.29, 1.82) is 0 Å². The number of likely N-dealkylation sites (N-methyl/N-ethyl adjacent to an activating group) is 1. The quantitative estimate of drug-likeness (QED) is 0.830. The average molecular weight is 284 g/mol. The molecule has 0 radical (unpaired) electrons. The normalized spacial score (nSPS) is 16.0. The molecular formula is C12H14ClN3OS. The molecule has 0 aromatic heterocycles. The molecule has 0 saturated carbocycles. The maximum Gasteiger partial charge on any atom is 0.241 e. The van der Waals surface area contributed by atoms with Gasteiger partial charge in [0, 0.05) is 31.4 Å². The fourth-order valence-corrected chi connectivity index (χ4v) is 2.39. The van der Waals surface area contributed by atoms with Gasteiger partial charge in [0.1, 0.15) is 4.99 Å². The number of piperazine rings is 1. The van der Waals surface area contributed by atoms with E-state index in [1.807, 2.05) is 18.0 Å². The molecule has 18 heavy (non-hydrogen) atoms. The first-order valence-corrected chi connectivity index (χ1v) is 6.36. The van der Waals surface area contributed by atoms with Crippen LogP contribution in [0.2, 0.25) is 5.02 Å². The van der Waals surface area contributed by atoms with Crippen LogP contribution in [-0.2, 0) is 4.79 Å². The van der Waals surface area contributed by atoms with E-state index in [0.29, 0.717) is 23.7 Å². The van der Waals surface area contributed by atoms with E-state index in [-0.39, 0.29) is 10.9 Å². The van der Waals surface area contributed by atoms with Crippen molar-refractivity contribution in [2.45, 2.75) is 0 Å². The predicted molar refractivity (Wildman–Crippen MR) is 77.2 cm³/mol. The minimum Gasteiger partial charge on any atom is -0.389 e. The lowest BCUT2D eigenvalue weighted by Gasteiger charge is -2.33. The highest BCUT2D eigenvalue weighted by Gasteiger charge is 2.21. The highest BCUT2D eigenvalue weighted by molar-refractivity contribution is 7.80. The lowest BCUT2D eigenvalue weighted by Crippen LogP contribution is -2.48. The molecule has 96 valence electrons. The Morgan fingerprint density at radius 3 is 2.72 bits per heavy atom. The van der Waals surface area contributed by atoms with E-state index in [0.717, 1.165) is 12.2 Å². The first-order chi connectivity index (χ1) is 8.49. The number of anilines is 1. The number of nitrogens with zero attached hydrogens (tertiary/aromatic N) is 2. The van der Waals surface area contributed by atoms with Gasteiger partial charge in [0.15, 0.2) is 0 Å². The molecule has 1 fully saturated rings. The topological polar surface area (TPSA) is 49.6 Å². The van der Waals surface area contributed by atoms with Crippen LogP contribution in [-0.4, -0.2) is 42.5 Å². The van der Waals surface area contributed by atoms with Gasteiger partial charge in [0.05, 0.1) is 11.6 Å². The van der Waals surface area contributed by atoms with Gasteiger partial charge in [-0.25, -0.2) is 0 Å². The van der Waals surface area contributed by atoms with E-state index in [1.54, 1.807) is 17.0 Å². The van der Waals surface area contributed by atoms with Crippen molar-refractivity contribution in [1.82, 2.24) is 4.90 Å². The predicted octanol–water partition coefficient (Wildman–Crippen LogP) is 1.25. The molecule has 1 aliphatic heterocycles. The highest BCUT2D eigenvalue weighted by atomic mass is 35.5. The number of nitrogens with two attached hydrogens (primary N) is 1. The van der Waals surface area contributed by atoms with Gasteiger partial charge in [-0.1, -0.05) is 23.8 Å². The van der Waals surface area contributed by atoms with Crippen LogP contribution in [0.5, 0.6) is 0 Å². The SMILES string of the molecule is CN1CCN(c2ccc(C(N)=S)c(Cl)c2)CC1=O. The Morgan fingerprint density at radius 1 is 1.44 bits per heavy atom. The molecule has 1 amide bonds. The van der Waals surface area contributed by atoms with Crippen LogP contribution in [0, 0.1) is 0 Å².